The highest BCUT2D eigenvalue weighted by Gasteiger charge is 2.45. The normalized spacial score (nSPS) is 19.5. The van der Waals surface area contributed by atoms with E-state index in [4.69, 9.17) is 14.2 Å². The van der Waals surface area contributed by atoms with Gasteiger partial charge in [-0.1, -0.05) is 46.5 Å². The summed E-state index contributed by atoms with van der Waals surface area (Å²) in [5.41, 5.74) is -0.458. The molecule has 31 heavy (non-hydrogen) atoms. The molecule has 1 rings (SSSR count). The molecule has 1 aliphatic rings. The van der Waals surface area contributed by atoms with Crippen molar-refractivity contribution in [2.45, 2.75) is 97.9 Å². The van der Waals surface area contributed by atoms with E-state index in [1.807, 2.05) is 13.8 Å². The van der Waals surface area contributed by atoms with Gasteiger partial charge in [-0.2, -0.15) is 0 Å². The van der Waals surface area contributed by atoms with Crippen LogP contribution in [0.25, 0.3) is 0 Å². The van der Waals surface area contributed by atoms with Crippen LogP contribution in [-0.4, -0.2) is 56.0 Å². The fraction of sp³-hybridized carbons (Fsp3) is 0.870. The first-order chi connectivity index (χ1) is 14.6. The lowest BCUT2D eigenvalue weighted by Crippen LogP contribution is -2.56. The standard InChI is InChI=1S/C23H42N2O6/c1-6-7-8-9-10-12-18(26)24-14-11-16-29-19(27)13-15-25-21(28)20-22(2,3)17-30-23(4,5)31-20/h20H,6-17H2,1-5H3,(H,24,26)(H,25,28). The summed E-state index contributed by atoms with van der Waals surface area (Å²) in [7, 11) is 0. The van der Waals surface area contributed by atoms with Gasteiger partial charge in [0.25, 0.3) is 0 Å². The fourth-order valence-electron chi connectivity index (χ4n) is 3.24. The maximum atomic E-state index is 12.5. The first-order valence-electron chi connectivity index (χ1n) is 11.6. The van der Waals surface area contributed by atoms with Gasteiger partial charge in [0.05, 0.1) is 19.6 Å². The minimum absolute atomic E-state index is 0.0481. The fourth-order valence-corrected chi connectivity index (χ4v) is 3.24. The Bertz CT molecular complexity index is 576. The summed E-state index contributed by atoms with van der Waals surface area (Å²) in [5, 5.41) is 5.59. The molecule has 1 unspecified atom stereocenters. The van der Waals surface area contributed by atoms with Crippen molar-refractivity contribution < 1.29 is 28.6 Å². The average molecular weight is 443 g/mol. The van der Waals surface area contributed by atoms with Gasteiger partial charge in [-0.15, -0.1) is 0 Å². The minimum Gasteiger partial charge on any atom is -0.466 e. The van der Waals surface area contributed by atoms with Crippen molar-refractivity contribution in [2.75, 3.05) is 26.3 Å². The van der Waals surface area contributed by atoms with E-state index in [2.05, 4.69) is 17.6 Å². The van der Waals surface area contributed by atoms with Crippen LogP contribution in [0, 0.1) is 5.41 Å². The van der Waals surface area contributed by atoms with Gasteiger partial charge < -0.3 is 24.8 Å². The minimum atomic E-state index is -0.819. The largest absolute Gasteiger partial charge is 0.466 e. The molecule has 8 heteroatoms. The van der Waals surface area contributed by atoms with Crippen molar-refractivity contribution in [1.82, 2.24) is 10.6 Å². The number of hydrogen-bond donors (Lipinski definition) is 2. The maximum absolute atomic E-state index is 12.5. The van der Waals surface area contributed by atoms with E-state index in [0.717, 1.165) is 12.8 Å². The van der Waals surface area contributed by atoms with E-state index < -0.39 is 17.3 Å². The van der Waals surface area contributed by atoms with Gasteiger partial charge in [0.15, 0.2) is 5.79 Å². The molecule has 1 aliphatic heterocycles. The number of ether oxygens (including phenoxy) is 3. The lowest BCUT2D eigenvalue weighted by atomic mass is 9.85. The second kappa shape index (κ2) is 13.7. The average Bonchev–Trinajstić information content (AvgIpc) is 2.69. The van der Waals surface area contributed by atoms with Crippen molar-refractivity contribution >= 4 is 17.8 Å². The number of rotatable bonds is 14. The molecule has 1 saturated heterocycles. The molecule has 1 heterocycles. The summed E-state index contributed by atoms with van der Waals surface area (Å²) < 4.78 is 16.5. The van der Waals surface area contributed by atoms with E-state index >= 15 is 0 Å². The molecule has 2 amide bonds. The van der Waals surface area contributed by atoms with E-state index in [1.165, 1.54) is 19.3 Å². The third-order valence-electron chi connectivity index (χ3n) is 5.18. The number of esters is 1. The van der Waals surface area contributed by atoms with Crippen LogP contribution >= 0.6 is 0 Å². The van der Waals surface area contributed by atoms with Gasteiger partial charge >= 0.3 is 5.97 Å². The Morgan fingerprint density at radius 2 is 1.65 bits per heavy atom. The monoisotopic (exact) mass is 442 g/mol. The van der Waals surface area contributed by atoms with Crippen molar-refractivity contribution in [2.24, 2.45) is 5.41 Å². The molecule has 1 atom stereocenters. The lowest BCUT2D eigenvalue weighted by molar-refractivity contribution is -0.304. The SMILES string of the molecule is CCCCCCCC(=O)NCCCOC(=O)CCNC(=O)C1OC(C)(C)OCC1(C)C. The zero-order chi connectivity index (χ0) is 23.3. The van der Waals surface area contributed by atoms with Gasteiger partial charge in [0.1, 0.15) is 6.10 Å². The predicted octanol–water partition coefficient (Wildman–Crippen LogP) is 3.08. The van der Waals surface area contributed by atoms with E-state index in [-0.39, 0.29) is 37.4 Å². The van der Waals surface area contributed by atoms with Gasteiger partial charge in [-0.05, 0) is 26.7 Å². The van der Waals surface area contributed by atoms with Crippen LogP contribution in [-0.2, 0) is 28.6 Å². The van der Waals surface area contributed by atoms with Crippen molar-refractivity contribution in [1.29, 1.82) is 0 Å². The van der Waals surface area contributed by atoms with Crippen LogP contribution in [0.2, 0.25) is 0 Å². The number of nitrogens with one attached hydrogen (secondary N) is 2. The molecule has 0 radical (unpaired) electrons. The Hall–Kier alpha value is -1.67. The van der Waals surface area contributed by atoms with Crippen LogP contribution in [0.1, 0.15) is 86.0 Å². The molecule has 180 valence electrons. The maximum Gasteiger partial charge on any atom is 0.307 e. The Morgan fingerprint density at radius 1 is 0.935 bits per heavy atom. The van der Waals surface area contributed by atoms with Crippen molar-refractivity contribution in [3.05, 3.63) is 0 Å². The summed E-state index contributed by atoms with van der Waals surface area (Å²) in [6.45, 7) is 10.9. The van der Waals surface area contributed by atoms with Gasteiger partial charge in [-0.3, -0.25) is 14.4 Å². The zero-order valence-electron chi connectivity index (χ0n) is 20.0. The number of carbonyl (C=O) groups is 3. The first kappa shape index (κ1) is 27.4. The second-order valence-electron chi connectivity index (χ2n) is 9.30. The summed E-state index contributed by atoms with van der Waals surface area (Å²) in [4.78, 5) is 36.0. The molecule has 0 bridgehead atoms. The Kier molecular flexibility index (Phi) is 12.1. The molecule has 0 aliphatic carbocycles. The van der Waals surface area contributed by atoms with Gasteiger partial charge in [0, 0.05) is 24.9 Å². The smallest absolute Gasteiger partial charge is 0.307 e. The molecule has 0 spiro atoms. The summed E-state index contributed by atoms with van der Waals surface area (Å²) in [6, 6.07) is 0. The third-order valence-corrected chi connectivity index (χ3v) is 5.18. The molecule has 1 fully saturated rings. The van der Waals surface area contributed by atoms with E-state index in [0.29, 0.717) is 26.0 Å². The molecule has 0 aromatic rings. The van der Waals surface area contributed by atoms with Crippen LogP contribution in [0.15, 0.2) is 0 Å². The quantitative estimate of drug-likeness (QED) is 0.317. The van der Waals surface area contributed by atoms with Gasteiger partial charge in [0.2, 0.25) is 11.8 Å². The number of unbranched alkanes of at least 4 members (excludes halogenated alkanes) is 4. The zero-order valence-corrected chi connectivity index (χ0v) is 20.0. The molecular formula is C23H42N2O6. The summed E-state index contributed by atoms with van der Waals surface area (Å²) in [6.07, 6.45) is 6.15. The van der Waals surface area contributed by atoms with Crippen LogP contribution in [0.3, 0.4) is 0 Å². The van der Waals surface area contributed by atoms with E-state index in [9.17, 15) is 14.4 Å². The topological polar surface area (TPSA) is 103 Å². The second-order valence-corrected chi connectivity index (χ2v) is 9.30. The Morgan fingerprint density at radius 3 is 2.35 bits per heavy atom. The van der Waals surface area contributed by atoms with Crippen molar-refractivity contribution in [3.8, 4) is 0 Å². The summed E-state index contributed by atoms with van der Waals surface area (Å²) >= 11 is 0. The Balaban J connectivity index is 2.10. The predicted molar refractivity (Wildman–Crippen MR) is 118 cm³/mol. The molecule has 8 nitrogen and oxygen atoms in total. The number of amides is 2. The van der Waals surface area contributed by atoms with Crippen LogP contribution < -0.4 is 10.6 Å². The first-order valence-corrected chi connectivity index (χ1v) is 11.6. The third kappa shape index (κ3) is 11.5. The highest BCUT2D eigenvalue weighted by molar-refractivity contribution is 5.82. The molecule has 0 aromatic carbocycles. The van der Waals surface area contributed by atoms with Crippen LogP contribution in [0.4, 0.5) is 0 Å². The number of hydrogen-bond acceptors (Lipinski definition) is 6. The van der Waals surface area contributed by atoms with Gasteiger partial charge in [-0.25, -0.2) is 0 Å². The Labute approximate surface area is 187 Å². The van der Waals surface area contributed by atoms with Crippen LogP contribution in [0.5, 0.6) is 0 Å². The van der Waals surface area contributed by atoms with Crippen molar-refractivity contribution in [3.63, 3.8) is 0 Å². The molecule has 2 N–H and O–H groups in total. The molecule has 0 aromatic heterocycles. The highest BCUT2D eigenvalue weighted by Crippen LogP contribution is 2.34. The number of carbonyl (C=O) groups excluding carboxylic acids is 3. The van der Waals surface area contributed by atoms with E-state index in [1.54, 1.807) is 13.8 Å². The lowest BCUT2D eigenvalue weighted by Gasteiger charge is -2.44. The molecule has 0 saturated carbocycles. The highest BCUT2D eigenvalue weighted by atomic mass is 16.7. The molecular weight excluding hydrogens is 400 g/mol. The summed E-state index contributed by atoms with van der Waals surface area (Å²) in [5.74, 6) is -1.41.